The highest BCUT2D eigenvalue weighted by atomic mass is 16.5. The van der Waals surface area contributed by atoms with E-state index in [0.717, 1.165) is 5.92 Å². The highest BCUT2D eigenvalue weighted by molar-refractivity contribution is 4.99. The van der Waals surface area contributed by atoms with E-state index in [4.69, 9.17) is 4.74 Å². The molecular weight excluding hydrogens is 222 g/mol. The second-order valence-electron chi connectivity index (χ2n) is 7.57. The number of ether oxygens (including phenoxy) is 1. The van der Waals surface area contributed by atoms with Gasteiger partial charge in [-0.3, -0.25) is 0 Å². The first kappa shape index (κ1) is 12.9. The Bertz CT molecular complexity index is 289. The molecule has 2 heterocycles. The minimum atomic E-state index is 0.320. The Morgan fingerprint density at radius 2 is 1.89 bits per heavy atom. The van der Waals surface area contributed by atoms with Gasteiger partial charge in [-0.1, -0.05) is 26.7 Å². The molecule has 3 aliphatic rings. The van der Waals surface area contributed by atoms with E-state index in [1.807, 2.05) is 0 Å². The fourth-order valence-corrected chi connectivity index (χ4v) is 4.63. The zero-order valence-electron chi connectivity index (χ0n) is 12.1. The van der Waals surface area contributed by atoms with Crippen LogP contribution in [0.4, 0.5) is 0 Å². The van der Waals surface area contributed by atoms with Gasteiger partial charge in [0, 0.05) is 13.1 Å². The van der Waals surface area contributed by atoms with Gasteiger partial charge < -0.3 is 10.1 Å². The molecule has 1 atom stereocenters. The molecule has 1 unspecified atom stereocenters. The molecule has 0 aromatic heterocycles. The van der Waals surface area contributed by atoms with Gasteiger partial charge in [0.05, 0.1) is 11.7 Å². The van der Waals surface area contributed by atoms with Gasteiger partial charge in [-0.25, -0.2) is 0 Å². The van der Waals surface area contributed by atoms with Crippen LogP contribution in [0.2, 0.25) is 0 Å². The molecule has 0 amide bonds. The van der Waals surface area contributed by atoms with Gasteiger partial charge in [-0.15, -0.1) is 0 Å². The molecule has 1 N–H and O–H groups in total. The molecule has 2 heteroatoms. The molecular formula is C16H29NO. The molecule has 0 bridgehead atoms. The van der Waals surface area contributed by atoms with Crippen molar-refractivity contribution in [3.63, 3.8) is 0 Å². The van der Waals surface area contributed by atoms with Crippen molar-refractivity contribution in [2.45, 2.75) is 76.9 Å². The molecule has 0 aromatic carbocycles. The first-order chi connectivity index (χ1) is 8.62. The Morgan fingerprint density at radius 1 is 1.17 bits per heavy atom. The molecule has 1 saturated carbocycles. The highest BCUT2D eigenvalue weighted by Crippen LogP contribution is 2.47. The van der Waals surface area contributed by atoms with E-state index >= 15 is 0 Å². The number of nitrogens with one attached hydrogen (secondary N) is 1. The summed E-state index contributed by atoms with van der Waals surface area (Å²) in [4.78, 5) is 0. The largest absolute Gasteiger partial charge is 0.372 e. The van der Waals surface area contributed by atoms with Crippen molar-refractivity contribution < 1.29 is 4.74 Å². The van der Waals surface area contributed by atoms with Crippen molar-refractivity contribution in [3.8, 4) is 0 Å². The molecule has 0 radical (unpaired) electrons. The predicted octanol–water partition coefficient (Wildman–Crippen LogP) is 3.50. The molecule has 1 spiro atoms. The van der Waals surface area contributed by atoms with E-state index in [0.29, 0.717) is 17.1 Å². The zero-order chi connectivity index (χ0) is 12.6. The molecule has 104 valence electrons. The van der Waals surface area contributed by atoms with Crippen molar-refractivity contribution in [2.75, 3.05) is 13.1 Å². The second kappa shape index (κ2) is 4.79. The van der Waals surface area contributed by atoms with Gasteiger partial charge in [-0.05, 0) is 49.9 Å². The lowest BCUT2D eigenvalue weighted by molar-refractivity contribution is -0.0629. The summed E-state index contributed by atoms with van der Waals surface area (Å²) < 4.78 is 6.50. The fraction of sp³-hybridized carbons (Fsp3) is 1.00. The predicted molar refractivity (Wildman–Crippen MR) is 74.7 cm³/mol. The Labute approximate surface area is 112 Å². The van der Waals surface area contributed by atoms with E-state index < -0.39 is 0 Å². The van der Waals surface area contributed by atoms with Crippen LogP contribution in [0.25, 0.3) is 0 Å². The fourth-order valence-electron chi connectivity index (χ4n) is 4.63. The van der Waals surface area contributed by atoms with Crippen molar-refractivity contribution in [2.24, 2.45) is 11.3 Å². The van der Waals surface area contributed by atoms with Crippen LogP contribution >= 0.6 is 0 Å². The van der Waals surface area contributed by atoms with Gasteiger partial charge in [0.15, 0.2) is 0 Å². The summed E-state index contributed by atoms with van der Waals surface area (Å²) >= 11 is 0. The van der Waals surface area contributed by atoms with Crippen LogP contribution in [0.1, 0.15) is 65.2 Å². The number of hydrogen-bond donors (Lipinski definition) is 1. The average molecular weight is 251 g/mol. The minimum absolute atomic E-state index is 0.320. The maximum atomic E-state index is 6.50. The van der Waals surface area contributed by atoms with E-state index in [2.05, 4.69) is 19.2 Å². The third-order valence-corrected chi connectivity index (χ3v) is 5.36. The van der Waals surface area contributed by atoms with Crippen molar-refractivity contribution in [3.05, 3.63) is 0 Å². The van der Waals surface area contributed by atoms with Gasteiger partial charge >= 0.3 is 0 Å². The molecule has 3 fully saturated rings. The Hall–Kier alpha value is -0.0800. The minimum Gasteiger partial charge on any atom is -0.372 e. The summed E-state index contributed by atoms with van der Waals surface area (Å²) in [6, 6.07) is 0. The Kier molecular flexibility index (Phi) is 3.44. The van der Waals surface area contributed by atoms with Crippen LogP contribution < -0.4 is 5.32 Å². The van der Waals surface area contributed by atoms with Gasteiger partial charge in [0.25, 0.3) is 0 Å². The van der Waals surface area contributed by atoms with Crippen LogP contribution in [0.3, 0.4) is 0 Å². The van der Waals surface area contributed by atoms with E-state index in [9.17, 15) is 0 Å². The lowest BCUT2D eigenvalue weighted by atomic mass is 9.71. The third kappa shape index (κ3) is 2.46. The summed E-state index contributed by atoms with van der Waals surface area (Å²) in [7, 11) is 0. The monoisotopic (exact) mass is 251 g/mol. The Balaban J connectivity index is 1.56. The van der Waals surface area contributed by atoms with Crippen molar-refractivity contribution in [1.82, 2.24) is 5.32 Å². The summed E-state index contributed by atoms with van der Waals surface area (Å²) in [5.74, 6) is 0.814. The molecule has 18 heavy (non-hydrogen) atoms. The average Bonchev–Trinajstić information content (AvgIpc) is 2.86. The summed E-state index contributed by atoms with van der Waals surface area (Å²) in [5.41, 5.74) is 0.879. The highest BCUT2D eigenvalue weighted by Gasteiger charge is 2.46. The molecule has 2 saturated heterocycles. The van der Waals surface area contributed by atoms with Crippen LogP contribution in [-0.2, 0) is 4.74 Å². The van der Waals surface area contributed by atoms with Crippen LogP contribution in [0, 0.1) is 11.3 Å². The second-order valence-corrected chi connectivity index (χ2v) is 7.57. The smallest absolute Gasteiger partial charge is 0.0687 e. The van der Waals surface area contributed by atoms with Gasteiger partial charge in [-0.2, -0.15) is 0 Å². The maximum Gasteiger partial charge on any atom is 0.0687 e. The van der Waals surface area contributed by atoms with E-state index in [1.54, 1.807) is 0 Å². The maximum absolute atomic E-state index is 6.50. The van der Waals surface area contributed by atoms with E-state index in [-0.39, 0.29) is 0 Å². The quantitative estimate of drug-likeness (QED) is 0.825. The lowest BCUT2D eigenvalue weighted by Gasteiger charge is -2.45. The van der Waals surface area contributed by atoms with Crippen LogP contribution in [0.5, 0.6) is 0 Å². The topological polar surface area (TPSA) is 21.3 Å². The van der Waals surface area contributed by atoms with Crippen molar-refractivity contribution >= 4 is 0 Å². The first-order valence-corrected chi connectivity index (χ1v) is 8.00. The normalized spacial score (nSPS) is 33.2. The van der Waals surface area contributed by atoms with Gasteiger partial charge in [0.1, 0.15) is 0 Å². The van der Waals surface area contributed by atoms with Crippen LogP contribution in [-0.4, -0.2) is 24.8 Å². The molecule has 3 rings (SSSR count). The molecule has 2 nitrogen and oxygen atoms in total. The van der Waals surface area contributed by atoms with Gasteiger partial charge in [0.2, 0.25) is 0 Å². The van der Waals surface area contributed by atoms with Crippen molar-refractivity contribution in [1.29, 1.82) is 0 Å². The zero-order valence-corrected chi connectivity index (χ0v) is 12.1. The first-order valence-electron chi connectivity index (χ1n) is 8.00. The Morgan fingerprint density at radius 3 is 2.44 bits per heavy atom. The molecule has 0 aromatic rings. The lowest BCUT2D eigenvalue weighted by Crippen LogP contribution is -2.55. The summed E-state index contributed by atoms with van der Waals surface area (Å²) in [6.07, 6.45) is 11.3. The SMILES string of the molecule is CC(C)CC1(CC2CCC3(CCCC3)O2)CNC1. The number of rotatable bonds is 4. The molecule has 2 aliphatic heterocycles. The standard InChI is InChI=1S/C16H29NO/c1-13(2)9-15(11-17-12-15)10-14-5-8-16(18-14)6-3-4-7-16/h13-14,17H,3-12H2,1-2H3. The third-order valence-electron chi connectivity index (χ3n) is 5.36. The van der Waals surface area contributed by atoms with Crippen LogP contribution in [0.15, 0.2) is 0 Å². The summed E-state index contributed by atoms with van der Waals surface area (Å²) in [6.45, 7) is 7.15. The summed E-state index contributed by atoms with van der Waals surface area (Å²) in [5, 5.41) is 3.49. The number of hydrogen-bond acceptors (Lipinski definition) is 2. The molecule has 1 aliphatic carbocycles. The van der Waals surface area contributed by atoms with E-state index in [1.165, 1.54) is 64.5 Å².